The molecule has 1 aromatic rings. The summed E-state index contributed by atoms with van der Waals surface area (Å²) < 4.78 is 0. The van der Waals surface area contributed by atoms with Crippen molar-refractivity contribution in [2.24, 2.45) is 0 Å². The molecule has 0 bridgehead atoms. The predicted molar refractivity (Wildman–Crippen MR) is 74.6 cm³/mol. The zero-order valence-corrected chi connectivity index (χ0v) is 10.6. The van der Waals surface area contributed by atoms with E-state index in [1.807, 2.05) is 0 Å². The Bertz CT molecular complexity index is 452. The highest BCUT2D eigenvalue weighted by Gasteiger charge is 2.08. The van der Waals surface area contributed by atoms with Crippen LogP contribution < -0.4 is 0 Å². The Morgan fingerprint density at radius 2 is 2.00 bits per heavy atom. The molecule has 0 atom stereocenters. The van der Waals surface area contributed by atoms with E-state index in [1.165, 1.54) is 16.7 Å². The van der Waals surface area contributed by atoms with Gasteiger partial charge in [0.1, 0.15) is 0 Å². The summed E-state index contributed by atoms with van der Waals surface area (Å²) >= 11 is 0. The molecule has 0 saturated heterocycles. The van der Waals surface area contributed by atoms with Crippen molar-refractivity contribution in [2.75, 3.05) is 13.6 Å². The lowest BCUT2D eigenvalue weighted by Crippen LogP contribution is -2.17. The molecule has 0 saturated carbocycles. The maximum absolute atomic E-state index is 2.28. The van der Waals surface area contributed by atoms with E-state index in [1.54, 1.807) is 0 Å². The summed E-state index contributed by atoms with van der Waals surface area (Å²) in [6, 6.07) is 10.6. The van der Waals surface area contributed by atoms with Gasteiger partial charge in [0.2, 0.25) is 0 Å². The van der Waals surface area contributed by atoms with Gasteiger partial charge in [-0.05, 0) is 29.2 Å². The predicted octanol–water partition coefficient (Wildman–Crippen LogP) is 3.87. The lowest BCUT2D eigenvalue weighted by molar-refractivity contribution is 0.509. The highest BCUT2D eigenvalue weighted by Crippen LogP contribution is 2.22. The number of likely N-dealkylation sites (N-methyl/N-ethyl adjacent to an activating group) is 1. The summed E-state index contributed by atoms with van der Waals surface area (Å²) in [6.07, 6.45) is 9.94. The van der Waals surface area contributed by atoms with Gasteiger partial charge in [0.15, 0.2) is 0 Å². The zero-order valence-electron chi connectivity index (χ0n) is 10.6. The van der Waals surface area contributed by atoms with E-state index in [9.17, 15) is 0 Å². The van der Waals surface area contributed by atoms with Crippen molar-refractivity contribution in [3.8, 4) is 0 Å². The maximum Gasteiger partial charge on any atom is 0.0427 e. The second-order valence-corrected chi connectivity index (χ2v) is 4.39. The molecule has 17 heavy (non-hydrogen) atoms. The van der Waals surface area contributed by atoms with Crippen molar-refractivity contribution in [2.45, 2.75) is 13.3 Å². The SMILES string of the molecule is CC/C=C/C1=CN(C)CC(c2ccccc2)=C1. The smallest absolute Gasteiger partial charge is 0.0427 e. The number of hydrogen-bond acceptors (Lipinski definition) is 1. The molecule has 0 unspecified atom stereocenters. The van der Waals surface area contributed by atoms with Gasteiger partial charge in [-0.3, -0.25) is 0 Å². The van der Waals surface area contributed by atoms with Crippen LogP contribution in [0.1, 0.15) is 18.9 Å². The number of benzene rings is 1. The van der Waals surface area contributed by atoms with Gasteiger partial charge in [-0.1, -0.05) is 49.4 Å². The van der Waals surface area contributed by atoms with Crippen molar-refractivity contribution in [1.29, 1.82) is 0 Å². The van der Waals surface area contributed by atoms with Crippen LogP contribution in [0.4, 0.5) is 0 Å². The fraction of sp³-hybridized carbons (Fsp3) is 0.250. The lowest BCUT2D eigenvalue weighted by Gasteiger charge is -2.22. The molecule has 1 aliphatic rings. The van der Waals surface area contributed by atoms with Crippen LogP contribution >= 0.6 is 0 Å². The average Bonchev–Trinajstić information content (AvgIpc) is 2.37. The van der Waals surface area contributed by atoms with E-state index in [-0.39, 0.29) is 0 Å². The molecule has 2 rings (SSSR count). The van der Waals surface area contributed by atoms with Crippen molar-refractivity contribution in [1.82, 2.24) is 4.90 Å². The molecular weight excluding hydrogens is 206 g/mol. The van der Waals surface area contributed by atoms with Crippen LogP contribution in [-0.2, 0) is 0 Å². The summed E-state index contributed by atoms with van der Waals surface area (Å²) in [4.78, 5) is 2.23. The molecule has 0 spiro atoms. The third-order valence-electron chi connectivity index (χ3n) is 2.82. The Hall–Kier alpha value is -1.76. The first-order valence-corrected chi connectivity index (χ1v) is 6.14. The van der Waals surface area contributed by atoms with Crippen LogP contribution in [-0.4, -0.2) is 18.5 Å². The van der Waals surface area contributed by atoms with Gasteiger partial charge in [0.05, 0.1) is 0 Å². The monoisotopic (exact) mass is 225 g/mol. The molecule has 1 heteroatoms. The second-order valence-electron chi connectivity index (χ2n) is 4.39. The highest BCUT2D eigenvalue weighted by molar-refractivity contribution is 5.71. The van der Waals surface area contributed by atoms with Gasteiger partial charge in [-0.25, -0.2) is 0 Å². The Labute approximate surface area is 104 Å². The van der Waals surface area contributed by atoms with Gasteiger partial charge < -0.3 is 4.90 Å². The molecule has 1 aliphatic heterocycles. The number of allylic oxidation sites excluding steroid dienone is 4. The normalized spacial score (nSPS) is 16.0. The summed E-state index contributed by atoms with van der Waals surface area (Å²) in [6.45, 7) is 3.14. The lowest BCUT2D eigenvalue weighted by atomic mass is 10.00. The zero-order chi connectivity index (χ0) is 12.1. The number of nitrogens with zero attached hydrogens (tertiary/aromatic N) is 1. The van der Waals surface area contributed by atoms with E-state index in [0.717, 1.165) is 13.0 Å². The van der Waals surface area contributed by atoms with E-state index in [4.69, 9.17) is 0 Å². The fourth-order valence-corrected chi connectivity index (χ4v) is 2.02. The highest BCUT2D eigenvalue weighted by atomic mass is 15.1. The molecule has 0 amide bonds. The first kappa shape index (κ1) is 11.7. The first-order chi connectivity index (χ1) is 8.29. The van der Waals surface area contributed by atoms with E-state index >= 15 is 0 Å². The Kier molecular flexibility index (Phi) is 3.81. The van der Waals surface area contributed by atoms with Crippen molar-refractivity contribution in [3.05, 3.63) is 65.9 Å². The van der Waals surface area contributed by atoms with E-state index in [0.29, 0.717) is 0 Å². The van der Waals surface area contributed by atoms with Crippen molar-refractivity contribution in [3.63, 3.8) is 0 Å². The third kappa shape index (κ3) is 3.10. The molecule has 1 aromatic carbocycles. The minimum atomic E-state index is 0.980. The Morgan fingerprint density at radius 1 is 1.24 bits per heavy atom. The largest absolute Gasteiger partial charge is 0.376 e. The van der Waals surface area contributed by atoms with Gasteiger partial charge in [-0.2, -0.15) is 0 Å². The molecule has 1 heterocycles. The molecular formula is C16H19N. The molecule has 0 radical (unpaired) electrons. The number of hydrogen-bond donors (Lipinski definition) is 0. The minimum absolute atomic E-state index is 0.980. The first-order valence-electron chi connectivity index (χ1n) is 6.14. The number of rotatable bonds is 3. The molecule has 0 aliphatic carbocycles. The maximum atomic E-state index is 2.28. The Balaban J connectivity index is 2.27. The molecule has 88 valence electrons. The second kappa shape index (κ2) is 5.53. The van der Waals surface area contributed by atoms with Crippen LogP contribution in [0, 0.1) is 0 Å². The topological polar surface area (TPSA) is 3.24 Å². The minimum Gasteiger partial charge on any atom is -0.376 e. The van der Waals surface area contributed by atoms with Crippen LogP contribution in [0.2, 0.25) is 0 Å². The summed E-state index contributed by atoms with van der Waals surface area (Å²) in [5.74, 6) is 0. The third-order valence-corrected chi connectivity index (χ3v) is 2.82. The average molecular weight is 225 g/mol. The van der Waals surface area contributed by atoms with E-state index in [2.05, 4.69) is 73.6 Å². The molecule has 0 N–H and O–H groups in total. The van der Waals surface area contributed by atoms with Gasteiger partial charge >= 0.3 is 0 Å². The fourth-order valence-electron chi connectivity index (χ4n) is 2.02. The summed E-state index contributed by atoms with van der Waals surface area (Å²) in [7, 11) is 2.12. The molecule has 1 nitrogen and oxygen atoms in total. The van der Waals surface area contributed by atoms with Gasteiger partial charge in [-0.15, -0.1) is 0 Å². The van der Waals surface area contributed by atoms with Crippen molar-refractivity contribution >= 4 is 5.57 Å². The Morgan fingerprint density at radius 3 is 2.71 bits per heavy atom. The van der Waals surface area contributed by atoms with E-state index < -0.39 is 0 Å². The molecule has 0 aromatic heterocycles. The van der Waals surface area contributed by atoms with Crippen molar-refractivity contribution < 1.29 is 0 Å². The summed E-state index contributed by atoms with van der Waals surface area (Å²) in [5, 5.41) is 0. The quantitative estimate of drug-likeness (QED) is 0.755. The van der Waals surface area contributed by atoms with Crippen LogP contribution in [0.5, 0.6) is 0 Å². The van der Waals surface area contributed by atoms with Crippen LogP contribution in [0.3, 0.4) is 0 Å². The van der Waals surface area contributed by atoms with Gasteiger partial charge in [0.25, 0.3) is 0 Å². The van der Waals surface area contributed by atoms with Gasteiger partial charge in [0, 0.05) is 19.8 Å². The summed E-state index contributed by atoms with van der Waals surface area (Å²) in [5.41, 5.74) is 3.97. The molecule has 0 fully saturated rings. The standard InChI is InChI=1S/C16H19N/c1-3-4-8-14-11-16(13-17(2)12-14)15-9-6-5-7-10-15/h4-12H,3,13H2,1-2H3/b8-4+. The van der Waals surface area contributed by atoms with Crippen LogP contribution in [0.15, 0.2) is 60.3 Å². The van der Waals surface area contributed by atoms with Crippen LogP contribution in [0.25, 0.3) is 5.57 Å².